The van der Waals surface area contributed by atoms with Crippen LogP contribution in [-0.4, -0.2) is 72.4 Å². The first kappa shape index (κ1) is 18.2. The summed E-state index contributed by atoms with van der Waals surface area (Å²) in [7, 11) is -1.20. The van der Waals surface area contributed by atoms with Crippen molar-refractivity contribution in [3.05, 3.63) is 0 Å². The zero-order valence-electron chi connectivity index (χ0n) is 12.9. The third-order valence-corrected chi connectivity index (χ3v) is 4.09. The number of aliphatic imine (C=N–C) groups is 1. The van der Waals surface area contributed by atoms with Crippen LogP contribution in [0.3, 0.4) is 0 Å². The lowest BCUT2D eigenvalue weighted by Gasteiger charge is -2.13. The molecule has 1 rings (SSSR count). The molecule has 2 N–H and O–H groups in total. The van der Waals surface area contributed by atoms with E-state index >= 15 is 0 Å². The number of ether oxygens (including phenoxy) is 2. The average molecular weight is 321 g/mol. The van der Waals surface area contributed by atoms with Gasteiger partial charge in [0.2, 0.25) is 0 Å². The molecule has 7 nitrogen and oxygen atoms in total. The summed E-state index contributed by atoms with van der Waals surface area (Å²) in [5, 5.41) is 6.26. The summed E-state index contributed by atoms with van der Waals surface area (Å²) in [5.74, 6) is 0.876. The van der Waals surface area contributed by atoms with E-state index in [1.54, 1.807) is 7.05 Å². The Kier molecular flexibility index (Phi) is 8.63. The van der Waals surface area contributed by atoms with Crippen LogP contribution in [0.4, 0.5) is 0 Å². The number of sulfone groups is 1. The van der Waals surface area contributed by atoms with E-state index in [1.807, 2.05) is 0 Å². The van der Waals surface area contributed by atoms with Crippen molar-refractivity contribution in [1.82, 2.24) is 10.6 Å². The fraction of sp³-hybridized carbons (Fsp3) is 0.923. The Labute approximate surface area is 127 Å². The van der Waals surface area contributed by atoms with Gasteiger partial charge in [0.1, 0.15) is 9.84 Å². The van der Waals surface area contributed by atoms with Crippen LogP contribution in [0.25, 0.3) is 0 Å². The monoisotopic (exact) mass is 321 g/mol. The Morgan fingerprint density at radius 3 is 2.62 bits per heavy atom. The van der Waals surface area contributed by atoms with Gasteiger partial charge >= 0.3 is 0 Å². The molecule has 8 heteroatoms. The van der Waals surface area contributed by atoms with Gasteiger partial charge in [-0.1, -0.05) is 0 Å². The summed E-state index contributed by atoms with van der Waals surface area (Å²) in [6.45, 7) is 3.55. The Morgan fingerprint density at radius 2 is 2.05 bits per heavy atom. The molecule has 1 heterocycles. The van der Waals surface area contributed by atoms with Crippen molar-refractivity contribution >= 4 is 15.8 Å². The smallest absolute Gasteiger partial charge is 0.190 e. The Balaban J connectivity index is 2.00. The minimum atomic E-state index is -2.89. The minimum Gasteiger partial charge on any atom is -0.379 e. The van der Waals surface area contributed by atoms with Crippen LogP contribution in [0.2, 0.25) is 0 Å². The molecular formula is C13H27N3O4S. The van der Waals surface area contributed by atoms with E-state index < -0.39 is 9.84 Å². The Morgan fingerprint density at radius 1 is 1.33 bits per heavy atom. The molecule has 1 aliphatic rings. The van der Waals surface area contributed by atoms with E-state index in [9.17, 15) is 8.42 Å². The highest BCUT2D eigenvalue weighted by atomic mass is 32.2. The molecule has 124 valence electrons. The quantitative estimate of drug-likeness (QED) is 0.347. The van der Waals surface area contributed by atoms with Crippen molar-refractivity contribution in [2.45, 2.75) is 25.4 Å². The molecule has 1 saturated heterocycles. The van der Waals surface area contributed by atoms with Crippen molar-refractivity contribution in [1.29, 1.82) is 0 Å². The molecule has 0 aliphatic carbocycles. The molecule has 0 radical (unpaired) electrons. The molecule has 0 aromatic rings. The Hall–Kier alpha value is -0.860. The van der Waals surface area contributed by atoms with Gasteiger partial charge in [-0.25, -0.2) is 8.42 Å². The summed E-state index contributed by atoms with van der Waals surface area (Å²) >= 11 is 0. The van der Waals surface area contributed by atoms with Crippen LogP contribution in [0.1, 0.15) is 19.3 Å². The molecule has 1 fully saturated rings. The molecule has 1 aliphatic heterocycles. The third kappa shape index (κ3) is 9.65. The lowest BCUT2D eigenvalue weighted by molar-refractivity contribution is 0.0420. The van der Waals surface area contributed by atoms with Crippen molar-refractivity contribution < 1.29 is 17.9 Å². The van der Waals surface area contributed by atoms with Crippen molar-refractivity contribution in [3.8, 4) is 0 Å². The average Bonchev–Trinajstić information content (AvgIpc) is 2.92. The fourth-order valence-electron chi connectivity index (χ4n) is 1.94. The number of nitrogens with zero attached hydrogens (tertiary/aromatic N) is 1. The first-order chi connectivity index (χ1) is 10.0. The molecule has 0 spiro atoms. The standard InChI is InChI=1S/C13H27N3O4S/c1-14-13(16-7-4-10-21(2,17)18)15-6-3-8-20-12-5-9-19-11-12/h12H,3-11H2,1-2H3,(H2,14,15,16). The summed E-state index contributed by atoms with van der Waals surface area (Å²) < 4.78 is 32.9. The normalized spacial score (nSPS) is 19.7. The van der Waals surface area contributed by atoms with E-state index in [-0.39, 0.29) is 11.9 Å². The predicted octanol–water partition coefficient (Wildman–Crippen LogP) is -0.218. The zero-order valence-corrected chi connectivity index (χ0v) is 13.7. The van der Waals surface area contributed by atoms with Gasteiger partial charge in [-0.2, -0.15) is 0 Å². The molecule has 1 atom stereocenters. The molecule has 21 heavy (non-hydrogen) atoms. The molecule has 0 bridgehead atoms. The molecule has 0 aromatic heterocycles. The van der Waals surface area contributed by atoms with Crippen molar-refractivity contribution in [2.24, 2.45) is 4.99 Å². The SMILES string of the molecule is CN=C(NCCCOC1CCOC1)NCCCS(C)(=O)=O. The van der Waals surface area contributed by atoms with Gasteiger partial charge in [-0.3, -0.25) is 4.99 Å². The maximum Gasteiger partial charge on any atom is 0.190 e. The van der Waals surface area contributed by atoms with Gasteiger partial charge in [0.15, 0.2) is 5.96 Å². The van der Waals surface area contributed by atoms with Gasteiger partial charge in [-0.15, -0.1) is 0 Å². The van der Waals surface area contributed by atoms with Gasteiger partial charge in [0.25, 0.3) is 0 Å². The maximum atomic E-state index is 11.0. The van der Waals surface area contributed by atoms with Crippen molar-refractivity contribution in [2.75, 3.05) is 52.0 Å². The van der Waals surface area contributed by atoms with Crippen LogP contribution in [0.5, 0.6) is 0 Å². The first-order valence-electron chi connectivity index (χ1n) is 7.33. The zero-order chi connectivity index (χ0) is 15.6. The number of guanidine groups is 1. The summed E-state index contributed by atoms with van der Waals surface area (Å²) in [5.41, 5.74) is 0. The highest BCUT2D eigenvalue weighted by Crippen LogP contribution is 2.07. The highest BCUT2D eigenvalue weighted by molar-refractivity contribution is 7.90. The fourth-order valence-corrected chi connectivity index (χ4v) is 2.60. The highest BCUT2D eigenvalue weighted by Gasteiger charge is 2.15. The second-order valence-electron chi connectivity index (χ2n) is 5.12. The minimum absolute atomic E-state index is 0.189. The largest absolute Gasteiger partial charge is 0.379 e. The first-order valence-corrected chi connectivity index (χ1v) is 9.39. The van der Waals surface area contributed by atoms with Crippen LogP contribution in [0, 0.1) is 0 Å². The van der Waals surface area contributed by atoms with Gasteiger partial charge in [0, 0.05) is 39.6 Å². The van der Waals surface area contributed by atoms with E-state index in [1.165, 1.54) is 6.26 Å². The summed E-state index contributed by atoms with van der Waals surface area (Å²) in [4.78, 5) is 4.08. The van der Waals surface area contributed by atoms with Crippen LogP contribution >= 0.6 is 0 Å². The summed E-state index contributed by atoms with van der Waals surface area (Å²) in [6.07, 6.45) is 3.94. The van der Waals surface area contributed by atoms with Crippen LogP contribution < -0.4 is 10.6 Å². The van der Waals surface area contributed by atoms with E-state index in [4.69, 9.17) is 9.47 Å². The van der Waals surface area contributed by atoms with Crippen molar-refractivity contribution in [3.63, 3.8) is 0 Å². The third-order valence-electron chi connectivity index (χ3n) is 3.06. The molecular weight excluding hydrogens is 294 g/mol. The van der Waals surface area contributed by atoms with Crippen LogP contribution in [-0.2, 0) is 19.3 Å². The number of nitrogens with one attached hydrogen (secondary N) is 2. The second-order valence-corrected chi connectivity index (χ2v) is 7.38. The second kappa shape index (κ2) is 9.97. The van der Waals surface area contributed by atoms with Gasteiger partial charge in [-0.05, 0) is 19.3 Å². The van der Waals surface area contributed by atoms with Gasteiger partial charge in [0.05, 0.1) is 18.5 Å². The molecule has 0 aromatic carbocycles. The molecule has 1 unspecified atom stereocenters. The maximum absolute atomic E-state index is 11.0. The van der Waals surface area contributed by atoms with Crippen LogP contribution in [0.15, 0.2) is 4.99 Å². The summed E-state index contributed by atoms with van der Waals surface area (Å²) in [6, 6.07) is 0. The molecule has 0 amide bonds. The van der Waals surface area contributed by atoms with Gasteiger partial charge < -0.3 is 20.1 Å². The predicted molar refractivity (Wildman–Crippen MR) is 83.5 cm³/mol. The Bertz CT molecular complexity index is 406. The number of rotatable bonds is 9. The lowest BCUT2D eigenvalue weighted by atomic mass is 10.3. The number of hydrogen-bond acceptors (Lipinski definition) is 5. The topological polar surface area (TPSA) is 89.0 Å². The number of hydrogen-bond donors (Lipinski definition) is 2. The van der Waals surface area contributed by atoms with E-state index in [2.05, 4.69) is 15.6 Å². The molecule has 0 saturated carbocycles. The van der Waals surface area contributed by atoms with E-state index in [0.717, 1.165) is 26.0 Å². The van der Waals surface area contributed by atoms with E-state index in [0.29, 0.717) is 32.1 Å². The lowest BCUT2D eigenvalue weighted by Crippen LogP contribution is -2.39.